The van der Waals surface area contributed by atoms with E-state index >= 15 is 0 Å². The average Bonchev–Trinajstić information content (AvgIpc) is 3.09. The van der Waals surface area contributed by atoms with Crippen molar-refractivity contribution in [2.24, 2.45) is 5.41 Å². The fourth-order valence-electron chi connectivity index (χ4n) is 3.89. The van der Waals surface area contributed by atoms with Crippen molar-refractivity contribution in [3.05, 3.63) is 89.0 Å². The summed E-state index contributed by atoms with van der Waals surface area (Å²) >= 11 is 0. The number of benzene rings is 2. The third-order valence-corrected chi connectivity index (χ3v) is 5.87. The van der Waals surface area contributed by atoms with Crippen LogP contribution in [0.1, 0.15) is 37.1 Å². The first-order valence-corrected chi connectivity index (χ1v) is 9.81. The normalized spacial score (nSPS) is 18.6. The molecule has 3 aromatic rings. The van der Waals surface area contributed by atoms with Crippen molar-refractivity contribution in [1.82, 2.24) is 15.1 Å². The molecule has 0 saturated heterocycles. The van der Waals surface area contributed by atoms with Gasteiger partial charge in [0.25, 0.3) is 0 Å². The molecule has 0 radical (unpaired) electrons. The van der Waals surface area contributed by atoms with Gasteiger partial charge in [-0.25, -0.2) is 9.07 Å². The minimum atomic E-state index is -0.230. The van der Waals surface area contributed by atoms with Crippen LogP contribution < -0.4 is 5.32 Å². The molecular formula is C24H26FN3. The van der Waals surface area contributed by atoms with Gasteiger partial charge in [0.1, 0.15) is 5.82 Å². The number of halogens is 1. The van der Waals surface area contributed by atoms with Crippen LogP contribution in [0.2, 0.25) is 0 Å². The van der Waals surface area contributed by atoms with Crippen LogP contribution in [0.15, 0.2) is 66.4 Å². The molecule has 144 valence electrons. The van der Waals surface area contributed by atoms with Gasteiger partial charge in [-0.1, -0.05) is 42.8 Å². The Morgan fingerprint density at radius 3 is 2.61 bits per heavy atom. The Bertz CT molecular complexity index is 973. The first-order chi connectivity index (χ1) is 13.5. The van der Waals surface area contributed by atoms with Gasteiger partial charge in [0.05, 0.1) is 17.6 Å². The second-order valence-corrected chi connectivity index (χ2v) is 7.92. The maximum absolute atomic E-state index is 13.2. The van der Waals surface area contributed by atoms with Crippen LogP contribution in [-0.2, 0) is 13.0 Å². The molecule has 0 bridgehead atoms. The van der Waals surface area contributed by atoms with E-state index in [4.69, 9.17) is 0 Å². The van der Waals surface area contributed by atoms with Gasteiger partial charge in [-0.05, 0) is 73.2 Å². The zero-order valence-electron chi connectivity index (χ0n) is 16.5. The standard InChI is InChI=1S/C24H26FN3/c1-18-14-23-20(17-27-28(23)22-10-8-21(25)9-11-22)15-24(18,2)12-13-26-16-19-6-4-3-5-7-19/h3-11,14,17,26H,12-13,15-16H2,1-2H3/t24-/m0/s1. The van der Waals surface area contributed by atoms with E-state index in [2.05, 4.69) is 54.6 Å². The van der Waals surface area contributed by atoms with Crippen molar-refractivity contribution in [1.29, 1.82) is 0 Å². The SMILES string of the molecule is CC1=Cc2c(cnn2-c2ccc(F)cc2)C[C@]1(C)CCNCc1ccccc1. The molecule has 1 aliphatic carbocycles. The lowest BCUT2D eigenvalue weighted by molar-refractivity contribution is 0.350. The number of rotatable bonds is 6. The van der Waals surface area contributed by atoms with Crippen LogP contribution in [0.5, 0.6) is 0 Å². The predicted molar refractivity (Wildman–Crippen MR) is 112 cm³/mol. The van der Waals surface area contributed by atoms with Crippen molar-refractivity contribution in [3.8, 4) is 5.69 Å². The Balaban J connectivity index is 1.45. The summed E-state index contributed by atoms with van der Waals surface area (Å²) in [6.45, 7) is 6.41. The molecule has 4 rings (SSSR count). The number of nitrogens with one attached hydrogen (secondary N) is 1. The Hall–Kier alpha value is -2.72. The summed E-state index contributed by atoms with van der Waals surface area (Å²) in [4.78, 5) is 0. The van der Waals surface area contributed by atoms with Gasteiger partial charge < -0.3 is 5.32 Å². The molecule has 2 aromatic carbocycles. The van der Waals surface area contributed by atoms with Gasteiger partial charge in [0.2, 0.25) is 0 Å². The average molecular weight is 375 g/mol. The molecule has 0 saturated carbocycles. The lowest BCUT2D eigenvalue weighted by atomic mass is 9.72. The van der Waals surface area contributed by atoms with Crippen LogP contribution in [0.4, 0.5) is 4.39 Å². The van der Waals surface area contributed by atoms with Crippen LogP contribution in [0.3, 0.4) is 0 Å². The van der Waals surface area contributed by atoms with Gasteiger partial charge in [-0.3, -0.25) is 0 Å². The summed E-state index contributed by atoms with van der Waals surface area (Å²) in [5.41, 5.74) is 6.05. The van der Waals surface area contributed by atoms with Gasteiger partial charge in [-0.2, -0.15) is 5.10 Å². The van der Waals surface area contributed by atoms with Crippen LogP contribution in [0, 0.1) is 11.2 Å². The van der Waals surface area contributed by atoms with E-state index < -0.39 is 0 Å². The van der Waals surface area contributed by atoms with E-state index in [-0.39, 0.29) is 11.2 Å². The number of aromatic nitrogens is 2. The zero-order valence-corrected chi connectivity index (χ0v) is 16.5. The summed E-state index contributed by atoms with van der Waals surface area (Å²) < 4.78 is 15.1. The number of allylic oxidation sites excluding steroid dienone is 1. The Morgan fingerprint density at radius 2 is 1.86 bits per heavy atom. The fourth-order valence-corrected chi connectivity index (χ4v) is 3.89. The highest BCUT2D eigenvalue weighted by Gasteiger charge is 2.32. The summed E-state index contributed by atoms with van der Waals surface area (Å²) in [5, 5.41) is 8.14. The Kier molecular flexibility index (Phi) is 5.14. The largest absolute Gasteiger partial charge is 0.313 e. The van der Waals surface area contributed by atoms with E-state index in [0.717, 1.165) is 37.3 Å². The van der Waals surface area contributed by atoms with Gasteiger partial charge in [0.15, 0.2) is 0 Å². The molecule has 0 unspecified atom stereocenters. The zero-order chi connectivity index (χ0) is 19.6. The molecule has 1 heterocycles. The number of nitrogens with zero attached hydrogens (tertiary/aromatic N) is 2. The number of hydrogen-bond donors (Lipinski definition) is 1. The van der Waals surface area contributed by atoms with Crippen molar-refractivity contribution in [2.45, 2.75) is 33.2 Å². The molecule has 0 spiro atoms. The molecule has 3 nitrogen and oxygen atoms in total. The predicted octanol–water partition coefficient (Wildman–Crippen LogP) is 5.16. The van der Waals surface area contributed by atoms with Crippen LogP contribution >= 0.6 is 0 Å². The highest BCUT2D eigenvalue weighted by atomic mass is 19.1. The minimum absolute atomic E-state index is 0.118. The lowest BCUT2D eigenvalue weighted by Gasteiger charge is -2.34. The van der Waals surface area contributed by atoms with E-state index in [0.29, 0.717) is 0 Å². The fraction of sp³-hybridized carbons (Fsp3) is 0.292. The highest BCUT2D eigenvalue weighted by Crippen LogP contribution is 2.41. The lowest BCUT2D eigenvalue weighted by Crippen LogP contribution is -2.29. The third kappa shape index (κ3) is 3.78. The molecule has 0 fully saturated rings. The molecule has 4 heteroatoms. The van der Waals surface area contributed by atoms with Crippen molar-refractivity contribution in [3.63, 3.8) is 0 Å². The molecule has 1 aliphatic rings. The van der Waals surface area contributed by atoms with E-state index in [9.17, 15) is 4.39 Å². The first-order valence-electron chi connectivity index (χ1n) is 9.81. The summed E-state index contributed by atoms with van der Waals surface area (Å²) in [7, 11) is 0. The number of fused-ring (bicyclic) bond motifs is 1. The van der Waals surface area contributed by atoms with Crippen LogP contribution in [-0.4, -0.2) is 16.3 Å². The molecular weight excluding hydrogens is 349 g/mol. The molecule has 1 aromatic heterocycles. The molecule has 0 aliphatic heterocycles. The van der Waals surface area contributed by atoms with Gasteiger partial charge >= 0.3 is 0 Å². The molecule has 1 N–H and O–H groups in total. The smallest absolute Gasteiger partial charge is 0.123 e. The molecule has 28 heavy (non-hydrogen) atoms. The maximum atomic E-state index is 13.2. The van der Waals surface area contributed by atoms with Crippen molar-refractivity contribution >= 4 is 6.08 Å². The van der Waals surface area contributed by atoms with Crippen molar-refractivity contribution < 1.29 is 4.39 Å². The topological polar surface area (TPSA) is 29.9 Å². The Morgan fingerprint density at radius 1 is 1.11 bits per heavy atom. The van der Waals surface area contributed by atoms with Gasteiger partial charge in [-0.15, -0.1) is 0 Å². The van der Waals surface area contributed by atoms with Gasteiger partial charge in [0, 0.05) is 6.54 Å². The number of hydrogen-bond acceptors (Lipinski definition) is 2. The summed E-state index contributed by atoms with van der Waals surface area (Å²) in [6, 6.07) is 17.0. The highest BCUT2D eigenvalue weighted by molar-refractivity contribution is 5.60. The maximum Gasteiger partial charge on any atom is 0.123 e. The third-order valence-electron chi connectivity index (χ3n) is 5.87. The van der Waals surface area contributed by atoms with E-state index in [1.54, 1.807) is 12.1 Å². The minimum Gasteiger partial charge on any atom is -0.313 e. The van der Waals surface area contributed by atoms with Crippen molar-refractivity contribution in [2.75, 3.05) is 6.54 Å². The second kappa shape index (κ2) is 7.72. The quantitative estimate of drug-likeness (QED) is 0.603. The summed E-state index contributed by atoms with van der Waals surface area (Å²) in [6.07, 6.45) is 6.24. The monoisotopic (exact) mass is 375 g/mol. The van der Waals surface area contributed by atoms with Crippen LogP contribution in [0.25, 0.3) is 11.8 Å². The summed E-state index contributed by atoms with van der Waals surface area (Å²) in [5.74, 6) is -0.230. The molecule has 0 amide bonds. The Labute approximate surface area is 165 Å². The van der Waals surface area contributed by atoms with E-state index in [1.807, 2.05) is 16.9 Å². The van der Waals surface area contributed by atoms with E-state index in [1.165, 1.54) is 28.8 Å². The molecule has 1 atom stereocenters. The second-order valence-electron chi connectivity index (χ2n) is 7.92. The first kappa shape index (κ1) is 18.6.